The summed E-state index contributed by atoms with van der Waals surface area (Å²) >= 11 is 0. The van der Waals surface area contributed by atoms with Gasteiger partial charge in [0, 0.05) is 26.2 Å². The molecule has 7 heteroatoms. The Morgan fingerprint density at radius 2 is 1.88 bits per heavy atom. The van der Waals surface area contributed by atoms with Crippen molar-refractivity contribution in [1.82, 2.24) is 14.5 Å². The smallest absolute Gasteiger partial charge is 0.410 e. The molecule has 0 radical (unpaired) electrons. The minimum absolute atomic E-state index is 0.165. The lowest BCUT2D eigenvalue weighted by atomic mass is 10.1. The molecule has 3 aromatic rings. The molecule has 1 aliphatic heterocycles. The van der Waals surface area contributed by atoms with Crippen LogP contribution in [0, 0.1) is 0 Å². The van der Waals surface area contributed by atoms with Gasteiger partial charge in [-0.2, -0.15) is 0 Å². The van der Waals surface area contributed by atoms with Gasteiger partial charge in [-0.3, -0.25) is 0 Å². The number of carbonyl (C=O) groups is 1. The predicted molar refractivity (Wildman–Crippen MR) is 131 cm³/mol. The molecule has 2 heterocycles. The summed E-state index contributed by atoms with van der Waals surface area (Å²) in [7, 11) is 3.76. The van der Waals surface area contributed by atoms with Crippen molar-refractivity contribution in [1.29, 1.82) is 0 Å². The highest BCUT2D eigenvalue weighted by Gasteiger charge is 2.31. The summed E-state index contributed by atoms with van der Waals surface area (Å²) in [6.45, 7) is 7.76. The van der Waals surface area contributed by atoms with E-state index in [1.54, 1.807) is 7.11 Å². The lowest BCUT2D eigenvalue weighted by molar-refractivity contribution is 0.0199. The molecule has 0 unspecified atom stereocenters. The van der Waals surface area contributed by atoms with E-state index in [0.29, 0.717) is 13.1 Å². The molecule has 1 saturated heterocycles. The molecule has 33 heavy (non-hydrogen) atoms. The van der Waals surface area contributed by atoms with Crippen LogP contribution in [0.25, 0.3) is 11.0 Å². The number of methoxy groups -OCH3 is 1. The number of para-hydroxylation sites is 2. The van der Waals surface area contributed by atoms with E-state index in [2.05, 4.69) is 34.7 Å². The number of imidazole rings is 1. The first-order valence-corrected chi connectivity index (χ1v) is 11.5. The van der Waals surface area contributed by atoms with Crippen LogP contribution >= 0.6 is 0 Å². The topological polar surface area (TPSA) is 59.8 Å². The summed E-state index contributed by atoms with van der Waals surface area (Å²) in [5.74, 6) is 1.75. The zero-order valence-corrected chi connectivity index (χ0v) is 20.2. The molecule has 0 N–H and O–H groups in total. The third-order valence-corrected chi connectivity index (χ3v) is 6.05. The summed E-state index contributed by atoms with van der Waals surface area (Å²) in [6, 6.07) is 16.5. The van der Waals surface area contributed by atoms with Crippen LogP contribution in [0.15, 0.2) is 48.5 Å². The molecule has 1 aromatic heterocycles. The Hall–Kier alpha value is -3.22. The Balaban J connectivity index is 1.60. The van der Waals surface area contributed by atoms with Crippen molar-refractivity contribution in [3.8, 4) is 5.75 Å². The molecule has 0 saturated carbocycles. The molecule has 176 valence electrons. The minimum atomic E-state index is -0.498. The van der Waals surface area contributed by atoms with Gasteiger partial charge >= 0.3 is 6.09 Å². The van der Waals surface area contributed by atoms with Crippen LogP contribution in [0.4, 0.5) is 10.7 Å². The lowest BCUT2D eigenvalue weighted by Crippen LogP contribution is -2.50. The van der Waals surface area contributed by atoms with E-state index in [4.69, 9.17) is 14.5 Å². The van der Waals surface area contributed by atoms with E-state index in [9.17, 15) is 4.79 Å². The molecule has 2 aromatic carbocycles. The standard InChI is InChI=1S/C26H34N4O3/c1-26(2,3)33-25(31)29-16-8-9-20(18-29)28(4)24-27-22-10-6-7-11-23(22)30(24)17-19-12-14-21(32-5)15-13-19/h6-7,10-15,20H,8-9,16-18H2,1-5H3/t20-/m1/s1. The van der Waals surface area contributed by atoms with Gasteiger partial charge in [0.25, 0.3) is 0 Å². The third-order valence-electron chi connectivity index (χ3n) is 6.05. The summed E-state index contributed by atoms with van der Waals surface area (Å²) in [4.78, 5) is 21.7. The SMILES string of the molecule is COc1ccc(Cn2c(N(C)[C@@H]3CCCN(C(=O)OC(C)(C)C)C3)nc3ccccc32)cc1. The number of likely N-dealkylation sites (tertiary alicyclic amines) is 1. The first kappa shape index (κ1) is 23.0. The Morgan fingerprint density at radius 1 is 1.15 bits per heavy atom. The number of piperidine rings is 1. The molecule has 4 rings (SSSR count). The Kier molecular flexibility index (Phi) is 6.49. The number of hydrogen-bond donors (Lipinski definition) is 0. The average Bonchev–Trinajstić information content (AvgIpc) is 3.16. The summed E-state index contributed by atoms with van der Waals surface area (Å²) < 4.78 is 13.2. The predicted octanol–water partition coefficient (Wildman–Crippen LogP) is 4.93. The van der Waals surface area contributed by atoms with E-state index in [-0.39, 0.29) is 12.1 Å². The van der Waals surface area contributed by atoms with E-state index >= 15 is 0 Å². The highest BCUT2D eigenvalue weighted by atomic mass is 16.6. The number of aromatic nitrogens is 2. The van der Waals surface area contributed by atoms with Crippen molar-refractivity contribution >= 4 is 23.1 Å². The maximum atomic E-state index is 12.7. The van der Waals surface area contributed by atoms with Gasteiger partial charge < -0.3 is 23.8 Å². The number of hydrogen-bond acceptors (Lipinski definition) is 5. The number of nitrogens with zero attached hydrogens (tertiary/aromatic N) is 4. The third kappa shape index (κ3) is 5.24. The minimum Gasteiger partial charge on any atom is -0.497 e. The normalized spacial score (nSPS) is 16.6. The average molecular weight is 451 g/mol. The van der Waals surface area contributed by atoms with E-state index < -0.39 is 5.60 Å². The van der Waals surface area contributed by atoms with Crippen LogP contribution in [0.5, 0.6) is 5.75 Å². The number of ether oxygens (including phenoxy) is 2. The van der Waals surface area contributed by atoms with Gasteiger partial charge in [-0.25, -0.2) is 9.78 Å². The van der Waals surface area contributed by atoms with Crippen LogP contribution < -0.4 is 9.64 Å². The largest absolute Gasteiger partial charge is 0.497 e. The zero-order chi connectivity index (χ0) is 23.6. The molecule has 0 aliphatic carbocycles. The number of likely N-dealkylation sites (N-methyl/N-ethyl adjacent to an activating group) is 1. The number of amides is 1. The van der Waals surface area contributed by atoms with Gasteiger partial charge in [0.2, 0.25) is 5.95 Å². The number of fused-ring (bicyclic) bond motifs is 1. The van der Waals surface area contributed by atoms with Crippen LogP contribution in [-0.2, 0) is 11.3 Å². The van der Waals surface area contributed by atoms with Crippen molar-refractivity contribution in [3.05, 3.63) is 54.1 Å². The van der Waals surface area contributed by atoms with Crippen LogP contribution in [0.2, 0.25) is 0 Å². The second-order valence-corrected chi connectivity index (χ2v) is 9.67. The molecule has 1 aliphatic rings. The Labute approximate surface area is 195 Å². The number of rotatable bonds is 5. The molecule has 1 amide bonds. The van der Waals surface area contributed by atoms with Gasteiger partial charge in [0.1, 0.15) is 11.4 Å². The highest BCUT2D eigenvalue weighted by Crippen LogP contribution is 2.28. The first-order chi connectivity index (χ1) is 15.7. The maximum absolute atomic E-state index is 12.7. The van der Waals surface area contributed by atoms with E-state index in [1.807, 2.05) is 56.0 Å². The molecule has 1 fully saturated rings. The summed E-state index contributed by atoms with van der Waals surface area (Å²) in [6.07, 6.45) is 1.70. The molecule has 0 spiro atoms. The summed E-state index contributed by atoms with van der Waals surface area (Å²) in [5, 5.41) is 0. The van der Waals surface area contributed by atoms with Crippen molar-refractivity contribution in [3.63, 3.8) is 0 Å². The Morgan fingerprint density at radius 3 is 2.58 bits per heavy atom. The van der Waals surface area contributed by atoms with Gasteiger partial charge in [0.05, 0.1) is 24.7 Å². The highest BCUT2D eigenvalue weighted by molar-refractivity contribution is 5.79. The fraction of sp³-hybridized carbons (Fsp3) is 0.462. The van der Waals surface area contributed by atoms with Crippen molar-refractivity contribution in [2.45, 2.75) is 51.8 Å². The first-order valence-electron chi connectivity index (χ1n) is 11.5. The molecule has 0 bridgehead atoms. The molecule has 7 nitrogen and oxygen atoms in total. The number of anilines is 1. The fourth-order valence-electron chi connectivity index (χ4n) is 4.33. The summed E-state index contributed by atoms with van der Waals surface area (Å²) in [5.41, 5.74) is 2.73. The number of carbonyl (C=O) groups excluding carboxylic acids is 1. The van der Waals surface area contributed by atoms with Crippen LogP contribution in [-0.4, -0.2) is 59.4 Å². The Bertz CT molecular complexity index is 1100. The second-order valence-electron chi connectivity index (χ2n) is 9.67. The lowest BCUT2D eigenvalue weighted by Gasteiger charge is -2.38. The van der Waals surface area contributed by atoms with Gasteiger partial charge in [-0.05, 0) is 63.4 Å². The van der Waals surface area contributed by atoms with Gasteiger partial charge in [-0.1, -0.05) is 24.3 Å². The maximum Gasteiger partial charge on any atom is 0.410 e. The van der Waals surface area contributed by atoms with Crippen LogP contribution in [0.1, 0.15) is 39.2 Å². The fourth-order valence-corrected chi connectivity index (χ4v) is 4.33. The van der Waals surface area contributed by atoms with Crippen LogP contribution in [0.3, 0.4) is 0 Å². The van der Waals surface area contributed by atoms with Gasteiger partial charge in [0.15, 0.2) is 0 Å². The van der Waals surface area contributed by atoms with E-state index in [1.165, 1.54) is 5.56 Å². The second kappa shape index (κ2) is 9.33. The van der Waals surface area contributed by atoms with Gasteiger partial charge in [-0.15, -0.1) is 0 Å². The van der Waals surface area contributed by atoms with E-state index in [0.717, 1.165) is 42.1 Å². The molecular weight excluding hydrogens is 416 g/mol. The van der Waals surface area contributed by atoms with Crippen molar-refractivity contribution in [2.75, 3.05) is 32.1 Å². The quantitative estimate of drug-likeness (QED) is 0.552. The van der Waals surface area contributed by atoms with Crippen molar-refractivity contribution < 1.29 is 14.3 Å². The van der Waals surface area contributed by atoms with Crippen molar-refractivity contribution in [2.24, 2.45) is 0 Å². The monoisotopic (exact) mass is 450 g/mol. The molecule has 1 atom stereocenters. The number of benzene rings is 2. The molecular formula is C26H34N4O3. The zero-order valence-electron chi connectivity index (χ0n) is 20.2.